The van der Waals surface area contributed by atoms with E-state index >= 15 is 0 Å². The van der Waals surface area contributed by atoms with Crippen molar-refractivity contribution in [1.82, 2.24) is 5.32 Å². The minimum atomic E-state index is 0.538. The maximum absolute atomic E-state index is 3.63. The van der Waals surface area contributed by atoms with Crippen LogP contribution in [0, 0.1) is 12.8 Å². The largest absolute Gasteiger partial charge is 0.316 e. The fraction of sp³-hybridized carbons (Fsp3) is 0.444. The summed E-state index contributed by atoms with van der Waals surface area (Å²) in [5.41, 5.74) is 2.86. The fourth-order valence-electron chi connectivity index (χ4n) is 2.59. The van der Waals surface area contributed by atoms with Crippen LogP contribution in [0.3, 0.4) is 0 Å². The Labute approximate surface area is 140 Å². The summed E-state index contributed by atoms with van der Waals surface area (Å²) in [6.07, 6.45) is 1.10. The normalized spacial score (nSPS) is 12.8. The lowest BCUT2D eigenvalue weighted by Crippen LogP contribution is -2.26. The van der Waals surface area contributed by atoms with Gasteiger partial charge < -0.3 is 5.32 Å². The molecule has 1 nitrogen and oxygen atoms in total. The van der Waals surface area contributed by atoms with E-state index in [0.717, 1.165) is 19.5 Å². The number of nitrogens with one attached hydrogen (secondary N) is 1. The molecule has 0 aliphatic heterocycles. The molecule has 0 saturated heterocycles. The van der Waals surface area contributed by atoms with E-state index in [1.54, 1.807) is 0 Å². The van der Waals surface area contributed by atoms with E-state index < -0.39 is 0 Å². The van der Waals surface area contributed by atoms with E-state index in [9.17, 15) is 0 Å². The Balaban J connectivity index is 2.12. The molecule has 0 saturated carbocycles. The summed E-state index contributed by atoms with van der Waals surface area (Å²) in [6, 6.07) is 13.2. The highest BCUT2D eigenvalue weighted by Crippen LogP contribution is 2.29. The van der Waals surface area contributed by atoms with Crippen LogP contribution in [0.5, 0.6) is 0 Å². The highest BCUT2D eigenvalue weighted by atomic mass is 79.9. The lowest BCUT2D eigenvalue weighted by molar-refractivity contribution is 0.514. The topological polar surface area (TPSA) is 12.0 Å². The maximum Gasteiger partial charge on any atom is 0.0701 e. The molecule has 0 aliphatic carbocycles. The first-order chi connectivity index (χ1) is 10.1. The summed E-state index contributed by atoms with van der Waals surface area (Å²) in [5.74, 6) is 1.23. The van der Waals surface area contributed by atoms with Crippen molar-refractivity contribution >= 4 is 27.3 Å². The van der Waals surface area contributed by atoms with Crippen molar-refractivity contribution in [2.24, 2.45) is 5.92 Å². The molecule has 0 bridgehead atoms. The Bertz CT molecular complexity index is 562. The smallest absolute Gasteiger partial charge is 0.0701 e. The monoisotopic (exact) mass is 365 g/mol. The Morgan fingerprint density at radius 3 is 2.48 bits per heavy atom. The van der Waals surface area contributed by atoms with Crippen molar-refractivity contribution in [2.75, 3.05) is 13.1 Å². The summed E-state index contributed by atoms with van der Waals surface area (Å²) < 4.78 is 1.22. The van der Waals surface area contributed by atoms with Crippen molar-refractivity contribution in [1.29, 1.82) is 0 Å². The molecule has 0 amide bonds. The molecule has 0 fully saturated rings. The van der Waals surface area contributed by atoms with Crippen LogP contribution in [0.15, 0.2) is 40.2 Å². The first-order valence-electron chi connectivity index (χ1n) is 7.56. The number of halogens is 1. The highest BCUT2D eigenvalue weighted by Gasteiger charge is 2.15. The molecule has 1 heterocycles. The minimum Gasteiger partial charge on any atom is -0.316 e. The van der Waals surface area contributed by atoms with Gasteiger partial charge in [0.15, 0.2) is 0 Å². The summed E-state index contributed by atoms with van der Waals surface area (Å²) >= 11 is 5.41. The molecule has 1 atom stereocenters. The Morgan fingerprint density at radius 1 is 1.10 bits per heavy atom. The standard InChI is InChI=1S/C18H24BrNS/c1-13(2)11-20-12-15(10-16-8-9-18(19)21-16)17-7-5-4-6-14(17)3/h4-9,13,15,20H,10-12H2,1-3H3. The second kappa shape index (κ2) is 8.11. The number of hydrogen-bond acceptors (Lipinski definition) is 2. The molecule has 1 unspecified atom stereocenters. The van der Waals surface area contributed by atoms with E-state index in [4.69, 9.17) is 0 Å². The maximum atomic E-state index is 3.63. The molecule has 2 rings (SSSR count). The van der Waals surface area contributed by atoms with Crippen LogP contribution in [-0.4, -0.2) is 13.1 Å². The zero-order valence-electron chi connectivity index (χ0n) is 13.0. The van der Waals surface area contributed by atoms with E-state index in [1.807, 2.05) is 11.3 Å². The number of hydrogen-bond donors (Lipinski definition) is 1. The second-order valence-corrected chi connectivity index (χ2v) is 8.56. The Kier molecular flexibility index (Phi) is 6.46. The zero-order valence-corrected chi connectivity index (χ0v) is 15.4. The molecule has 1 aromatic carbocycles. The Hall–Kier alpha value is -0.640. The number of aryl methyl sites for hydroxylation is 1. The zero-order chi connectivity index (χ0) is 15.2. The van der Waals surface area contributed by atoms with Gasteiger partial charge in [-0.3, -0.25) is 0 Å². The molecule has 2 aromatic rings. The van der Waals surface area contributed by atoms with Crippen molar-refractivity contribution < 1.29 is 0 Å². The third-order valence-electron chi connectivity index (χ3n) is 3.65. The molecule has 0 spiro atoms. The average molecular weight is 366 g/mol. The quantitative estimate of drug-likeness (QED) is 0.693. The van der Waals surface area contributed by atoms with Gasteiger partial charge in [0.05, 0.1) is 3.79 Å². The summed E-state index contributed by atoms with van der Waals surface area (Å²) in [4.78, 5) is 1.45. The van der Waals surface area contributed by atoms with Gasteiger partial charge in [0.25, 0.3) is 0 Å². The summed E-state index contributed by atoms with van der Waals surface area (Å²) in [7, 11) is 0. The lowest BCUT2D eigenvalue weighted by atomic mass is 9.91. The fourth-order valence-corrected chi connectivity index (χ4v) is 4.15. The van der Waals surface area contributed by atoms with Gasteiger partial charge in [-0.2, -0.15) is 0 Å². The van der Waals surface area contributed by atoms with Gasteiger partial charge in [-0.1, -0.05) is 38.1 Å². The van der Waals surface area contributed by atoms with Crippen molar-refractivity contribution in [2.45, 2.75) is 33.1 Å². The summed E-state index contributed by atoms with van der Waals surface area (Å²) in [5, 5.41) is 3.63. The van der Waals surface area contributed by atoms with E-state index in [0.29, 0.717) is 11.8 Å². The first kappa shape index (κ1) is 16.7. The highest BCUT2D eigenvalue weighted by molar-refractivity contribution is 9.11. The lowest BCUT2D eigenvalue weighted by Gasteiger charge is -2.20. The molecule has 1 aromatic heterocycles. The van der Waals surface area contributed by atoms with Crippen molar-refractivity contribution in [3.05, 3.63) is 56.2 Å². The van der Waals surface area contributed by atoms with Crippen LogP contribution in [-0.2, 0) is 6.42 Å². The van der Waals surface area contributed by atoms with E-state index in [2.05, 4.69) is 78.4 Å². The van der Waals surface area contributed by atoms with Gasteiger partial charge in [-0.05, 0) is 65.0 Å². The molecule has 1 N–H and O–H groups in total. The predicted octanol–water partition coefficient (Wildman–Crippen LogP) is 5.39. The molecular formula is C18H24BrNS. The average Bonchev–Trinajstić information content (AvgIpc) is 2.83. The van der Waals surface area contributed by atoms with Crippen molar-refractivity contribution in [3.63, 3.8) is 0 Å². The van der Waals surface area contributed by atoms with Crippen LogP contribution < -0.4 is 5.32 Å². The molecular weight excluding hydrogens is 342 g/mol. The van der Waals surface area contributed by atoms with Crippen molar-refractivity contribution in [3.8, 4) is 0 Å². The van der Waals surface area contributed by atoms with Crippen LogP contribution in [0.2, 0.25) is 0 Å². The molecule has 21 heavy (non-hydrogen) atoms. The summed E-state index contributed by atoms with van der Waals surface area (Å²) in [6.45, 7) is 8.85. The van der Waals surface area contributed by atoms with Crippen LogP contribution in [0.4, 0.5) is 0 Å². The minimum absolute atomic E-state index is 0.538. The van der Waals surface area contributed by atoms with Crippen LogP contribution >= 0.6 is 27.3 Å². The third-order valence-corrected chi connectivity index (χ3v) is 5.29. The number of thiophene rings is 1. The van der Waals surface area contributed by atoms with Gasteiger partial charge >= 0.3 is 0 Å². The van der Waals surface area contributed by atoms with Gasteiger partial charge in [-0.15, -0.1) is 11.3 Å². The molecule has 114 valence electrons. The number of rotatable bonds is 7. The van der Waals surface area contributed by atoms with E-state index in [1.165, 1.54) is 19.8 Å². The van der Waals surface area contributed by atoms with E-state index in [-0.39, 0.29) is 0 Å². The third kappa shape index (κ3) is 5.24. The molecule has 3 heteroatoms. The Morgan fingerprint density at radius 2 is 1.86 bits per heavy atom. The van der Waals surface area contributed by atoms with Gasteiger partial charge in [0, 0.05) is 17.3 Å². The molecule has 0 aliphatic rings. The van der Waals surface area contributed by atoms with Gasteiger partial charge in [0.2, 0.25) is 0 Å². The predicted molar refractivity (Wildman–Crippen MR) is 97.4 cm³/mol. The first-order valence-corrected chi connectivity index (χ1v) is 9.17. The number of benzene rings is 1. The van der Waals surface area contributed by atoms with Crippen LogP contribution in [0.25, 0.3) is 0 Å². The van der Waals surface area contributed by atoms with Gasteiger partial charge in [-0.25, -0.2) is 0 Å². The molecule has 0 radical (unpaired) electrons. The second-order valence-electron chi connectivity index (χ2n) is 6.02. The van der Waals surface area contributed by atoms with Crippen LogP contribution in [0.1, 0.15) is 35.8 Å². The van der Waals surface area contributed by atoms with Gasteiger partial charge in [0.1, 0.15) is 0 Å². The SMILES string of the molecule is Cc1ccccc1C(CNCC(C)C)Cc1ccc(Br)s1.